The molecule has 2 unspecified atom stereocenters. The molecule has 28 heavy (non-hydrogen) atoms. The highest BCUT2D eigenvalue weighted by molar-refractivity contribution is 6.30. The second-order valence-electron chi connectivity index (χ2n) is 8.01. The maximum atomic E-state index is 12.8. The van der Waals surface area contributed by atoms with Crippen LogP contribution >= 0.6 is 11.6 Å². The van der Waals surface area contributed by atoms with Crippen molar-refractivity contribution in [1.82, 2.24) is 10.2 Å². The number of likely N-dealkylation sites (N-methyl/N-ethyl adjacent to an activating group) is 1. The lowest BCUT2D eigenvalue weighted by molar-refractivity contribution is -0.131. The number of piperidine rings is 1. The minimum absolute atomic E-state index is 0.182. The topological polar surface area (TPSA) is 41.6 Å². The first-order chi connectivity index (χ1) is 13.6. The third-order valence-electron chi connectivity index (χ3n) is 5.96. The lowest BCUT2D eigenvalue weighted by Crippen LogP contribution is -2.49. The Bertz CT molecular complexity index is 812. The summed E-state index contributed by atoms with van der Waals surface area (Å²) in [4.78, 5) is 14.8. The summed E-state index contributed by atoms with van der Waals surface area (Å²) in [6.45, 7) is 0.478. The van der Waals surface area contributed by atoms with Gasteiger partial charge in [0.05, 0.1) is 6.42 Å². The van der Waals surface area contributed by atoms with Crippen LogP contribution < -0.4 is 10.1 Å². The summed E-state index contributed by atoms with van der Waals surface area (Å²) in [5.74, 6) is 0.962. The largest absolute Gasteiger partial charge is 0.489 e. The van der Waals surface area contributed by atoms with E-state index in [9.17, 15) is 4.79 Å². The molecule has 2 aromatic rings. The van der Waals surface area contributed by atoms with Crippen molar-refractivity contribution in [3.63, 3.8) is 0 Å². The third kappa shape index (κ3) is 4.68. The predicted molar refractivity (Wildman–Crippen MR) is 112 cm³/mol. The minimum atomic E-state index is 0.182. The van der Waals surface area contributed by atoms with Gasteiger partial charge >= 0.3 is 0 Å². The van der Waals surface area contributed by atoms with Crippen LogP contribution in [0, 0.1) is 0 Å². The van der Waals surface area contributed by atoms with Crippen LogP contribution in [-0.2, 0) is 17.8 Å². The molecule has 0 saturated carbocycles. The number of fused-ring (bicyclic) bond motifs is 2. The Hall–Kier alpha value is -2.04. The summed E-state index contributed by atoms with van der Waals surface area (Å²) < 4.78 is 5.89. The summed E-state index contributed by atoms with van der Waals surface area (Å²) in [5, 5.41) is 4.36. The number of carbonyl (C=O) groups excluding carboxylic acids is 1. The first-order valence-electron chi connectivity index (χ1n) is 10.0. The summed E-state index contributed by atoms with van der Waals surface area (Å²) in [5.41, 5.74) is 2.05. The first-order valence-corrected chi connectivity index (χ1v) is 10.4. The lowest BCUT2D eigenvalue weighted by atomic mass is 9.98. The van der Waals surface area contributed by atoms with E-state index < -0.39 is 0 Å². The highest BCUT2D eigenvalue weighted by Crippen LogP contribution is 2.29. The normalized spacial score (nSPS) is 23.4. The predicted octanol–water partition coefficient (Wildman–Crippen LogP) is 4.20. The number of hydrogen-bond donors (Lipinski definition) is 1. The van der Waals surface area contributed by atoms with Crippen LogP contribution in [0.5, 0.6) is 5.75 Å². The molecule has 1 amide bonds. The van der Waals surface area contributed by atoms with E-state index in [1.165, 1.54) is 12.8 Å². The summed E-state index contributed by atoms with van der Waals surface area (Å²) in [6.07, 6.45) is 5.05. The van der Waals surface area contributed by atoms with Crippen molar-refractivity contribution in [3.05, 3.63) is 64.7 Å². The Morgan fingerprint density at radius 3 is 2.54 bits per heavy atom. The van der Waals surface area contributed by atoms with E-state index in [1.807, 2.05) is 60.5 Å². The van der Waals surface area contributed by atoms with E-state index in [0.717, 1.165) is 34.7 Å². The highest BCUT2D eigenvalue weighted by atomic mass is 35.5. The van der Waals surface area contributed by atoms with E-state index >= 15 is 0 Å². The van der Waals surface area contributed by atoms with Gasteiger partial charge in [-0.15, -0.1) is 0 Å². The molecule has 2 fully saturated rings. The van der Waals surface area contributed by atoms with Crippen LogP contribution in [0.25, 0.3) is 0 Å². The monoisotopic (exact) mass is 398 g/mol. The molecule has 0 spiro atoms. The Labute approximate surface area is 171 Å². The SMILES string of the molecule is CN(C(=O)Cc1cccc(OCc2ccc(Cl)cc2)c1)C1CC2CCC(C1)N2. The average Bonchev–Trinajstić information content (AvgIpc) is 3.05. The van der Waals surface area contributed by atoms with Gasteiger partial charge in [-0.1, -0.05) is 35.9 Å². The number of ether oxygens (including phenoxy) is 1. The molecule has 5 heteroatoms. The van der Waals surface area contributed by atoms with Crippen LogP contribution in [0.2, 0.25) is 5.02 Å². The van der Waals surface area contributed by atoms with Crippen LogP contribution in [0.3, 0.4) is 0 Å². The zero-order valence-corrected chi connectivity index (χ0v) is 17.0. The molecule has 2 heterocycles. The van der Waals surface area contributed by atoms with Gasteiger partial charge in [0.25, 0.3) is 0 Å². The average molecular weight is 399 g/mol. The Morgan fingerprint density at radius 2 is 1.82 bits per heavy atom. The summed E-state index contributed by atoms with van der Waals surface area (Å²) in [6, 6.07) is 17.0. The molecule has 2 aliphatic heterocycles. The maximum absolute atomic E-state index is 12.8. The van der Waals surface area contributed by atoms with Crippen molar-refractivity contribution in [1.29, 1.82) is 0 Å². The van der Waals surface area contributed by atoms with Gasteiger partial charge in [0, 0.05) is 30.2 Å². The number of hydrogen-bond acceptors (Lipinski definition) is 3. The molecule has 148 valence electrons. The van der Waals surface area contributed by atoms with Gasteiger partial charge in [0.2, 0.25) is 5.91 Å². The van der Waals surface area contributed by atoms with Crippen LogP contribution in [0.4, 0.5) is 0 Å². The van der Waals surface area contributed by atoms with Crippen molar-refractivity contribution in [2.75, 3.05) is 7.05 Å². The van der Waals surface area contributed by atoms with Gasteiger partial charge in [-0.2, -0.15) is 0 Å². The van der Waals surface area contributed by atoms with Crippen molar-refractivity contribution in [2.45, 2.75) is 56.8 Å². The van der Waals surface area contributed by atoms with E-state index in [4.69, 9.17) is 16.3 Å². The molecular weight excluding hydrogens is 372 g/mol. The van der Waals surface area contributed by atoms with E-state index in [2.05, 4.69) is 5.32 Å². The van der Waals surface area contributed by atoms with Crippen molar-refractivity contribution in [2.24, 2.45) is 0 Å². The summed E-state index contributed by atoms with van der Waals surface area (Å²) >= 11 is 5.92. The molecule has 2 saturated heterocycles. The van der Waals surface area contributed by atoms with E-state index in [-0.39, 0.29) is 5.91 Å². The fourth-order valence-electron chi connectivity index (χ4n) is 4.34. The molecule has 2 bridgehead atoms. The number of rotatable bonds is 6. The van der Waals surface area contributed by atoms with E-state index in [1.54, 1.807) is 0 Å². The smallest absolute Gasteiger partial charge is 0.226 e. The Kier molecular flexibility index (Phi) is 5.88. The fourth-order valence-corrected chi connectivity index (χ4v) is 4.46. The van der Waals surface area contributed by atoms with Crippen molar-refractivity contribution >= 4 is 17.5 Å². The number of nitrogens with zero attached hydrogens (tertiary/aromatic N) is 1. The Morgan fingerprint density at radius 1 is 1.11 bits per heavy atom. The van der Waals surface area contributed by atoms with Gasteiger partial charge in [0.1, 0.15) is 12.4 Å². The molecule has 2 aliphatic rings. The fraction of sp³-hybridized carbons (Fsp3) is 0.435. The first kappa shape index (κ1) is 19.3. The molecule has 2 aromatic carbocycles. The molecule has 0 aliphatic carbocycles. The molecule has 0 radical (unpaired) electrons. The third-order valence-corrected chi connectivity index (χ3v) is 6.21. The minimum Gasteiger partial charge on any atom is -0.489 e. The van der Waals surface area contributed by atoms with Crippen LogP contribution in [0.15, 0.2) is 48.5 Å². The quantitative estimate of drug-likeness (QED) is 0.792. The zero-order valence-electron chi connectivity index (χ0n) is 16.2. The van der Waals surface area contributed by atoms with Crippen LogP contribution in [-0.4, -0.2) is 36.0 Å². The molecular formula is C23H27ClN2O2. The second-order valence-corrected chi connectivity index (χ2v) is 8.44. The summed E-state index contributed by atoms with van der Waals surface area (Å²) in [7, 11) is 1.96. The maximum Gasteiger partial charge on any atom is 0.226 e. The van der Waals surface area contributed by atoms with Crippen molar-refractivity contribution in [3.8, 4) is 5.75 Å². The highest BCUT2D eigenvalue weighted by Gasteiger charge is 2.36. The number of amides is 1. The molecule has 0 aromatic heterocycles. The lowest BCUT2D eigenvalue weighted by Gasteiger charge is -2.35. The van der Waals surface area contributed by atoms with Gasteiger partial charge < -0.3 is 15.0 Å². The standard InChI is InChI=1S/C23H27ClN2O2/c1-26(21-13-19-9-10-20(14-21)25-19)23(27)12-17-3-2-4-22(11-17)28-15-16-5-7-18(24)8-6-16/h2-8,11,19-21,25H,9-10,12-15H2,1H3. The molecule has 1 N–H and O–H groups in total. The second kappa shape index (κ2) is 8.54. The van der Waals surface area contributed by atoms with Crippen LogP contribution in [0.1, 0.15) is 36.8 Å². The number of carbonyl (C=O) groups is 1. The molecule has 2 atom stereocenters. The zero-order chi connectivity index (χ0) is 19.5. The number of nitrogens with one attached hydrogen (secondary N) is 1. The van der Waals surface area contributed by atoms with Crippen molar-refractivity contribution < 1.29 is 9.53 Å². The Balaban J connectivity index is 1.33. The number of halogens is 1. The van der Waals surface area contributed by atoms with Gasteiger partial charge in [0.15, 0.2) is 0 Å². The number of benzene rings is 2. The van der Waals surface area contributed by atoms with Gasteiger partial charge in [-0.3, -0.25) is 4.79 Å². The van der Waals surface area contributed by atoms with Gasteiger partial charge in [-0.25, -0.2) is 0 Å². The molecule has 4 rings (SSSR count). The van der Waals surface area contributed by atoms with Gasteiger partial charge in [-0.05, 0) is 61.1 Å². The molecule has 4 nitrogen and oxygen atoms in total. The van der Waals surface area contributed by atoms with E-state index in [0.29, 0.717) is 31.2 Å².